The Kier molecular flexibility index (Phi) is 5.53. The highest BCUT2D eigenvalue weighted by Gasteiger charge is 2.20. The third kappa shape index (κ3) is 4.17. The Morgan fingerprint density at radius 3 is 2.46 bits per heavy atom. The largest absolute Gasteiger partial charge is 0.480 e. The maximum atomic E-state index is 11.3. The number of hydrogen-bond donors (Lipinski definition) is 1. The van der Waals surface area contributed by atoms with Gasteiger partial charge in [-0.3, -0.25) is 4.79 Å². The van der Waals surface area contributed by atoms with Crippen LogP contribution in [0.15, 0.2) is 0 Å². The zero-order valence-electron chi connectivity index (χ0n) is 8.11. The average Bonchev–Trinajstić information content (AvgIpc) is 2.11. The Labute approximate surface area is 82.3 Å². The van der Waals surface area contributed by atoms with Crippen LogP contribution < -0.4 is 0 Å². The summed E-state index contributed by atoms with van der Waals surface area (Å²) in [4.78, 5) is 23.1. The fraction of sp³-hybridized carbons (Fsp3) is 0.750. The van der Waals surface area contributed by atoms with Crippen LogP contribution >= 0.6 is 11.8 Å². The molecule has 13 heavy (non-hydrogen) atoms. The lowest BCUT2D eigenvalue weighted by molar-refractivity contribution is -0.148. The van der Waals surface area contributed by atoms with Crippen molar-refractivity contribution in [2.45, 2.75) is 19.4 Å². The van der Waals surface area contributed by atoms with Gasteiger partial charge >= 0.3 is 5.97 Å². The molecular formula is C8H15NO3S. The van der Waals surface area contributed by atoms with Crippen LogP contribution in [0.25, 0.3) is 0 Å². The topological polar surface area (TPSA) is 57.6 Å². The summed E-state index contributed by atoms with van der Waals surface area (Å²) >= 11 is 1.57. The predicted molar refractivity (Wildman–Crippen MR) is 52.9 cm³/mol. The van der Waals surface area contributed by atoms with E-state index >= 15 is 0 Å². The minimum Gasteiger partial charge on any atom is -0.480 e. The Bertz CT molecular complexity index is 196. The highest BCUT2D eigenvalue weighted by molar-refractivity contribution is 7.98. The lowest BCUT2D eigenvalue weighted by atomic mass is 10.3. The first kappa shape index (κ1) is 12.3. The molecular weight excluding hydrogens is 190 g/mol. The Morgan fingerprint density at radius 2 is 2.08 bits per heavy atom. The van der Waals surface area contributed by atoms with E-state index in [1.807, 2.05) is 6.26 Å². The van der Waals surface area contributed by atoms with Crippen LogP contribution in [0.4, 0.5) is 0 Å². The van der Waals surface area contributed by atoms with Crippen molar-refractivity contribution in [3.63, 3.8) is 0 Å². The van der Waals surface area contributed by atoms with Crippen molar-refractivity contribution in [3.8, 4) is 0 Å². The van der Waals surface area contributed by atoms with Crippen LogP contribution in [0.3, 0.4) is 0 Å². The third-order valence-corrected chi connectivity index (χ3v) is 2.46. The number of carbonyl (C=O) groups is 2. The molecule has 0 aromatic rings. The normalized spacial score (nSPS) is 12.2. The van der Waals surface area contributed by atoms with E-state index in [-0.39, 0.29) is 5.91 Å². The number of hydrogen-bond acceptors (Lipinski definition) is 3. The summed E-state index contributed by atoms with van der Waals surface area (Å²) in [6, 6.07) is -0.741. The highest BCUT2D eigenvalue weighted by atomic mass is 32.2. The van der Waals surface area contributed by atoms with Gasteiger partial charge in [-0.1, -0.05) is 0 Å². The minimum absolute atomic E-state index is 0.121. The lowest BCUT2D eigenvalue weighted by Gasteiger charge is -2.21. The highest BCUT2D eigenvalue weighted by Crippen LogP contribution is 2.02. The van der Waals surface area contributed by atoms with Crippen molar-refractivity contribution in [1.29, 1.82) is 0 Å². The van der Waals surface area contributed by atoms with E-state index in [2.05, 4.69) is 0 Å². The van der Waals surface area contributed by atoms with E-state index in [1.165, 1.54) is 18.9 Å². The van der Waals surface area contributed by atoms with E-state index in [9.17, 15) is 9.59 Å². The fourth-order valence-electron chi connectivity index (χ4n) is 0.747. The van der Waals surface area contributed by atoms with Gasteiger partial charge in [0.25, 0.3) is 0 Å². The fourth-order valence-corrected chi connectivity index (χ4v) is 1.13. The molecule has 0 aromatic carbocycles. The number of carbonyl (C=O) groups excluding carboxylic acids is 1. The molecule has 0 heterocycles. The monoisotopic (exact) mass is 205 g/mol. The molecule has 0 bridgehead atoms. The van der Waals surface area contributed by atoms with Gasteiger partial charge < -0.3 is 10.0 Å². The molecule has 0 aliphatic carbocycles. The van der Waals surface area contributed by atoms with E-state index in [1.54, 1.807) is 11.8 Å². The number of likely N-dealkylation sites (N-methyl/N-ethyl adjacent to an activating group) is 1. The van der Waals surface area contributed by atoms with E-state index in [0.29, 0.717) is 6.42 Å². The molecule has 0 radical (unpaired) electrons. The number of amides is 1. The van der Waals surface area contributed by atoms with Crippen LogP contribution in [-0.4, -0.2) is 47.0 Å². The molecule has 0 spiro atoms. The zero-order chi connectivity index (χ0) is 10.4. The molecule has 0 rings (SSSR count). The quantitative estimate of drug-likeness (QED) is 0.716. The number of carboxylic acids is 1. The van der Waals surface area contributed by atoms with Gasteiger partial charge in [0.1, 0.15) is 6.04 Å². The Balaban J connectivity index is 4.01. The molecule has 0 aliphatic heterocycles. The summed E-state index contributed by atoms with van der Waals surface area (Å²) in [5.41, 5.74) is 0. The predicted octanol–water partition coefficient (Wildman–Crippen LogP) is 0.671. The molecule has 0 saturated heterocycles. The molecule has 4 nitrogen and oxygen atoms in total. The van der Waals surface area contributed by atoms with Crippen molar-refractivity contribution < 1.29 is 14.7 Å². The number of carboxylic acid groups (broad SMARTS) is 1. The zero-order valence-corrected chi connectivity index (χ0v) is 8.93. The van der Waals surface area contributed by atoms with Gasteiger partial charge in [-0.05, 0) is 13.2 Å². The van der Waals surface area contributed by atoms with Gasteiger partial charge in [-0.2, -0.15) is 11.8 Å². The summed E-state index contributed by atoms with van der Waals surface area (Å²) in [5, 5.41) is 8.63. The molecule has 0 fully saturated rings. The van der Waals surface area contributed by atoms with Gasteiger partial charge in [0.15, 0.2) is 0 Å². The molecule has 0 aliphatic rings. The molecule has 1 unspecified atom stereocenters. The first-order chi connectivity index (χ1) is 6.00. The summed E-state index contributed by atoms with van der Waals surface area (Å²) in [6.45, 7) is 1.50. The van der Waals surface area contributed by atoms with Crippen molar-refractivity contribution in [2.75, 3.05) is 19.1 Å². The van der Waals surface area contributed by atoms with Crippen molar-refractivity contribution in [2.24, 2.45) is 0 Å². The third-order valence-electron chi connectivity index (χ3n) is 1.85. The lowest BCUT2D eigenvalue weighted by Crippen LogP contribution is -2.40. The second-order valence-corrected chi connectivity index (χ2v) is 3.75. The van der Waals surface area contributed by atoms with Gasteiger partial charge in [0.05, 0.1) is 0 Å². The molecule has 1 N–H and O–H groups in total. The SMILES string of the molecule is CSCCC(=O)N(C)C(C)C(=O)O. The smallest absolute Gasteiger partial charge is 0.326 e. The van der Waals surface area contributed by atoms with Crippen LogP contribution in [-0.2, 0) is 9.59 Å². The van der Waals surface area contributed by atoms with Crippen LogP contribution in [0.5, 0.6) is 0 Å². The summed E-state index contributed by atoms with van der Waals surface area (Å²) < 4.78 is 0. The first-order valence-electron chi connectivity index (χ1n) is 3.98. The van der Waals surface area contributed by atoms with Crippen molar-refractivity contribution in [1.82, 2.24) is 4.90 Å². The molecule has 0 saturated carbocycles. The van der Waals surface area contributed by atoms with Gasteiger partial charge in [0.2, 0.25) is 5.91 Å². The first-order valence-corrected chi connectivity index (χ1v) is 5.37. The second-order valence-electron chi connectivity index (χ2n) is 2.76. The Morgan fingerprint density at radius 1 is 1.54 bits per heavy atom. The van der Waals surface area contributed by atoms with Crippen LogP contribution in [0, 0.1) is 0 Å². The molecule has 5 heteroatoms. The van der Waals surface area contributed by atoms with Crippen molar-refractivity contribution in [3.05, 3.63) is 0 Å². The van der Waals surface area contributed by atoms with E-state index < -0.39 is 12.0 Å². The molecule has 0 aromatic heterocycles. The summed E-state index contributed by atoms with van der Waals surface area (Å²) in [7, 11) is 1.52. The Hall–Kier alpha value is -0.710. The summed E-state index contributed by atoms with van der Waals surface area (Å²) in [5.74, 6) is -0.362. The molecule has 1 amide bonds. The number of nitrogens with zero attached hydrogens (tertiary/aromatic N) is 1. The molecule has 1 atom stereocenters. The van der Waals surface area contributed by atoms with Crippen molar-refractivity contribution >= 4 is 23.6 Å². The van der Waals surface area contributed by atoms with E-state index in [0.717, 1.165) is 5.75 Å². The number of aliphatic carboxylic acids is 1. The van der Waals surface area contributed by atoms with Crippen LogP contribution in [0.1, 0.15) is 13.3 Å². The number of thioether (sulfide) groups is 1. The maximum Gasteiger partial charge on any atom is 0.326 e. The second kappa shape index (κ2) is 5.85. The summed E-state index contributed by atoms with van der Waals surface area (Å²) in [6.07, 6.45) is 2.31. The van der Waals surface area contributed by atoms with Gasteiger partial charge in [0, 0.05) is 19.2 Å². The standard InChI is InChI=1S/C8H15NO3S/c1-6(8(11)12)9(2)7(10)4-5-13-3/h6H,4-5H2,1-3H3,(H,11,12). The van der Waals surface area contributed by atoms with Gasteiger partial charge in [-0.15, -0.1) is 0 Å². The average molecular weight is 205 g/mol. The number of rotatable bonds is 5. The molecule has 76 valence electrons. The maximum absolute atomic E-state index is 11.3. The van der Waals surface area contributed by atoms with E-state index in [4.69, 9.17) is 5.11 Å². The minimum atomic E-state index is -0.972. The van der Waals surface area contributed by atoms with Gasteiger partial charge in [-0.25, -0.2) is 4.79 Å². The van der Waals surface area contributed by atoms with Crippen LogP contribution in [0.2, 0.25) is 0 Å².